The smallest absolute Gasteiger partial charge is 0.272 e. The molecule has 4 aromatic rings. The molecule has 0 saturated carbocycles. The molecule has 9 nitrogen and oxygen atoms in total. The summed E-state index contributed by atoms with van der Waals surface area (Å²) in [6, 6.07) is 22.5. The average Bonchev–Trinajstić information content (AvgIpc) is 3.05. The van der Waals surface area contributed by atoms with Crippen LogP contribution in [0.15, 0.2) is 85.2 Å². The van der Waals surface area contributed by atoms with Gasteiger partial charge in [-0.2, -0.15) is 5.26 Å². The fourth-order valence-electron chi connectivity index (χ4n) is 4.76. The minimum absolute atomic E-state index is 0.0713. The third kappa shape index (κ3) is 6.67. The third-order valence-electron chi connectivity index (χ3n) is 7.19. The van der Waals surface area contributed by atoms with E-state index in [0.717, 1.165) is 0 Å². The SMILES string of the molecule is COc1ccc(C(=O)C2CCN(C(=O)c3ccc(C(=O)Cc4ccc(Oc5ccc(C#N)cc5)cn4)cn3)CC2)cc1. The summed E-state index contributed by atoms with van der Waals surface area (Å²) in [6.07, 6.45) is 4.18. The number of rotatable bonds is 9. The van der Waals surface area contributed by atoms with Crippen molar-refractivity contribution in [1.29, 1.82) is 5.26 Å². The van der Waals surface area contributed by atoms with Crippen molar-refractivity contribution in [2.24, 2.45) is 5.92 Å². The lowest BCUT2D eigenvalue weighted by atomic mass is 9.88. The van der Waals surface area contributed by atoms with E-state index in [2.05, 4.69) is 16.0 Å². The van der Waals surface area contributed by atoms with Gasteiger partial charge in [0, 0.05) is 42.0 Å². The minimum Gasteiger partial charge on any atom is -0.497 e. The molecule has 0 atom stereocenters. The number of nitriles is 1. The van der Waals surface area contributed by atoms with Crippen LogP contribution in [-0.2, 0) is 6.42 Å². The second-order valence-corrected chi connectivity index (χ2v) is 9.91. The molecular formula is C33H28N4O5. The van der Waals surface area contributed by atoms with Crippen LogP contribution < -0.4 is 9.47 Å². The summed E-state index contributed by atoms with van der Waals surface area (Å²) < 4.78 is 10.9. The van der Waals surface area contributed by atoms with E-state index >= 15 is 0 Å². The number of hydrogen-bond donors (Lipinski definition) is 0. The second kappa shape index (κ2) is 12.9. The van der Waals surface area contributed by atoms with Crippen LogP contribution in [0.2, 0.25) is 0 Å². The van der Waals surface area contributed by atoms with Gasteiger partial charge in [0.1, 0.15) is 22.9 Å². The Balaban J connectivity index is 1.12. The molecule has 2 aromatic carbocycles. The van der Waals surface area contributed by atoms with Crippen LogP contribution in [0.5, 0.6) is 17.2 Å². The summed E-state index contributed by atoms with van der Waals surface area (Å²) in [4.78, 5) is 49.0. The lowest BCUT2D eigenvalue weighted by Crippen LogP contribution is -2.40. The molecular weight excluding hydrogens is 532 g/mol. The monoisotopic (exact) mass is 560 g/mol. The molecule has 5 rings (SSSR count). The number of hydrogen-bond acceptors (Lipinski definition) is 8. The van der Waals surface area contributed by atoms with Gasteiger partial charge in [-0.05, 0) is 85.6 Å². The van der Waals surface area contributed by atoms with Gasteiger partial charge in [0.25, 0.3) is 5.91 Å². The summed E-state index contributed by atoms with van der Waals surface area (Å²) in [5.41, 5.74) is 2.40. The number of benzene rings is 2. The van der Waals surface area contributed by atoms with E-state index in [-0.39, 0.29) is 35.5 Å². The van der Waals surface area contributed by atoms with Crippen molar-refractivity contribution in [2.45, 2.75) is 19.3 Å². The number of ketones is 2. The highest BCUT2D eigenvalue weighted by Crippen LogP contribution is 2.24. The van der Waals surface area contributed by atoms with E-state index in [0.29, 0.717) is 65.6 Å². The van der Waals surface area contributed by atoms with Gasteiger partial charge >= 0.3 is 0 Å². The maximum Gasteiger partial charge on any atom is 0.272 e. The van der Waals surface area contributed by atoms with Crippen molar-refractivity contribution in [3.05, 3.63) is 113 Å². The number of carbonyl (C=O) groups excluding carboxylic acids is 3. The summed E-state index contributed by atoms with van der Waals surface area (Å²) in [5.74, 6) is 1.33. The molecule has 9 heteroatoms. The zero-order valence-corrected chi connectivity index (χ0v) is 23.0. The maximum absolute atomic E-state index is 13.0. The highest BCUT2D eigenvalue weighted by molar-refractivity contribution is 5.99. The Morgan fingerprint density at radius 1 is 0.833 bits per heavy atom. The number of amides is 1. The minimum atomic E-state index is -0.219. The Morgan fingerprint density at radius 3 is 2.10 bits per heavy atom. The summed E-state index contributed by atoms with van der Waals surface area (Å²) >= 11 is 0. The molecule has 1 fully saturated rings. The first kappa shape index (κ1) is 28.2. The first-order valence-corrected chi connectivity index (χ1v) is 13.5. The molecule has 210 valence electrons. The van der Waals surface area contributed by atoms with Crippen molar-refractivity contribution in [3.63, 3.8) is 0 Å². The van der Waals surface area contributed by atoms with Gasteiger partial charge in [-0.3, -0.25) is 24.4 Å². The molecule has 0 N–H and O–H groups in total. The van der Waals surface area contributed by atoms with Crippen molar-refractivity contribution < 1.29 is 23.9 Å². The Morgan fingerprint density at radius 2 is 1.50 bits per heavy atom. The van der Waals surface area contributed by atoms with Crippen molar-refractivity contribution in [1.82, 2.24) is 14.9 Å². The van der Waals surface area contributed by atoms with Crippen LogP contribution in [-0.4, -0.2) is 52.5 Å². The van der Waals surface area contributed by atoms with E-state index in [1.165, 1.54) is 12.4 Å². The first-order valence-electron chi connectivity index (χ1n) is 13.5. The number of pyridine rings is 2. The molecule has 3 heterocycles. The van der Waals surface area contributed by atoms with Gasteiger partial charge in [-0.15, -0.1) is 0 Å². The lowest BCUT2D eigenvalue weighted by molar-refractivity contribution is 0.0645. The number of likely N-dealkylation sites (tertiary alicyclic amines) is 1. The topological polar surface area (TPSA) is 122 Å². The van der Waals surface area contributed by atoms with Gasteiger partial charge in [-0.1, -0.05) is 0 Å². The van der Waals surface area contributed by atoms with Crippen LogP contribution in [0.3, 0.4) is 0 Å². The normalized spacial score (nSPS) is 13.2. The number of nitrogens with zero attached hydrogens (tertiary/aromatic N) is 4. The van der Waals surface area contributed by atoms with E-state index < -0.39 is 0 Å². The Bertz CT molecular complexity index is 1600. The summed E-state index contributed by atoms with van der Waals surface area (Å²) in [6.45, 7) is 0.925. The van der Waals surface area contributed by atoms with Gasteiger partial charge in [0.15, 0.2) is 11.6 Å². The van der Waals surface area contributed by atoms with E-state index in [1.54, 1.807) is 84.8 Å². The Kier molecular flexibility index (Phi) is 8.64. The van der Waals surface area contributed by atoms with Gasteiger partial charge < -0.3 is 14.4 Å². The third-order valence-corrected chi connectivity index (χ3v) is 7.19. The number of carbonyl (C=O) groups is 3. The van der Waals surface area contributed by atoms with Gasteiger partial charge in [0.2, 0.25) is 0 Å². The quantitative estimate of drug-likeness (QED) is 0.253. The molecule has 1 amide bonds. The number of piperidine rings is 1. The Hall–Kier alpha value is -5.36. The average molecular weight is 561 g/mol. The Labute approximate surface area is 243 Å². The number of ether oxygens (including phenoxy) is 2. The molecule has 1 saturated heterocycles. The molecule has 0 bridgehead atoms. The highest BCUT2D eigenvalue weighted by atomic mass is 16.5. The van der Waals surface area contributed by atoms with E-state index in [4.69, 9.17) is 14.7 Å². The van der Waals surface area contributed by atoms with Crippen LogP contribution in [0.25, 0.3) is 0 Å². The fraction of sp³-hybridized carbons (Fsp3) is 0.212. The highest BCUT2D eigenvalue weighted by Gasteiger charge is 2.29. The second-order valence-electron chi connectivity index (χ2n) is 9.91. The van der Waals surface area contributed by atoms with Gasteiger partial charge in [-0.25, -0.2) is 0 Å². The number of aromatic nitrogens is 2. The van der Waals surface area contributed by atoms with Crippen molar-refractivity contribution >= 4 is 17.5 Å². The van der Waals surface area contributed by atoms with E-state index in [9.17, 15) is 14.4 Å². The molecule has 0 unspecified atom stereocenters. The standard InChI is InChI=1S/C33H28N4O5/c1-41-27-10-4-23(5-11-27)32(39)24-14-16-37(17-15-24)33(40)30-13-6-25(20-36-30)31(38)18-26-7-12-29(21-35-26)42-28-8-2-22(19-34)3-9-28/h2-13,20-21,24H,14-18H2,1H3. The molecule has 0 spiro atoms. The fourth-order valence-corrected chi connectivity index (χ4v) is 4.76. The summed E-state index contributed by atoms with van der Waals surface area (Å²) in [7, 11) is 1.58. The van der Waals surface area contributed by atoms with Crippen LogP contribution in [0.4, 0.5) is 0 Å². The van der Waals surface area contributed by atoms with Crippen LogP contribution in [0.1, 0.15) is 55.3 Å². The molecule has 1 aliphatic heterocycles. The number of Topliss-reactive ketones (excluding diaryl/α,β-unsaturated/α-hetero) is 2. The van der Waals surface area contributed by atoms with Crippen molar-refractivity contribution in [3.8, 4) is 23.3 Å². The lowest BCUT2D eigenvalue weighted by Gasteiger charge is -2.31. The van der Waals surface area contributed by atoms with Crippen LogP contribution >= 0.6 is 0 Å². The zero-order chi connectivity index (χ0) is 29.5. The largest absolute Gasteiger partial charge is 0.497 e. The van der Waals surface area contributed by atoms with Crippen molar-refractivity contribution in [2.75, 3.05) is 20.2 Å². The molecule has 0 aliphatic carbocycles. The molecule has 2 aromatic heterocycles. The zero-order valence-electron chi connectivity index (χ0n) is 23.0. The summed E-state index contributed by atoms with van der Waals surface area (Å²) in [5, 5.41) is 8.90. The predicted molar refractivity (Wildman–Crippen MR) is 154 cm³/mol. The number of methoxy groups -OCH3 is 1. The molecule has 0 radical (unpaired) electrons. The van der Waals surface area contributed by atoms with Crippen LogP contribution in [0, 0.1) is 17.2 Å². The van der Waals surface area contributed by atoms with E-state index in [1.807, 2.05) is 0 Å². The van der Waals surface area contributed by atoms with Gasteiger partial charge in [0.05, 0.1) is 31.4 Å². The first-order chi connectivity index (χ1) is 20.4. The molecule has 1 aliphatic rings. The predicted octanol–water partition coefficient (Wildman–Crippen LogP) is 5.31. The maximum atomic E-state index is 13.0. The molecule has 42 heavy (non-hydrogen) atoms.